The summed E-state index contributed by atoms with van der Waals surface area (Å²) in [6.45, 7) is 1.07. The summed E-state index contributed by atoms with van der Waals surface area (Å²) < 4.78 is 2.50. The average molecular weight is 526 g/mol. The third-order valence-electron chi connectivity index (χ3n) is 6.41. The lowest BCUT2D eigenvalue weighted by molar-refractivity contribution is 0.778. The smallest absolute Gasteiger partial charge is 0.267 e. The highest BCUT2D eigenvalue weighted by molar-refractivity contribution is 7.19. The van der Waals surface area contributed by atoms with Gasteiger partial charge in [0, 0.05) is 19.3 Å². The summed E-state index contributed by atoms with van der Waals surface area (Å²) in [7, 11) is 0. The van der Waals surface area contributed by atoms with Crippen LogP contribution in [-0.2, 0) is 13.1 Å². The van der Waals surface area contributed by atoms with E-state index in [-0.39, 0.29) is 5.56 Å². The largest absolute Gasteiger partial charge is 0.347 e. The Labute approximate surface area is 229 Å². The van der Waals surface area contributed by atoms with Crippen LogP contribution in [0.2, 0.25) is 0 Å². The molecule has 3 heterocycles. The van der Waals surface area contributed by atoms with Crippen molar-refractivity contribution in [2.24, 2.45) is 0 Å². The molecule has 0 radical (unpaired) electrons. The molecule has 0 spiro atoms. The van der Waals surface area contributed by atoms with E-state index in [0.717, 1.165) is 21.3 Å². The summed E-state index contributed by atoms with van der Waals surface area (Å²) in [5, 5.41) is 10.7. The van der Waals surface area contributed by atoms with Gasteiger partial charge >= 0.3 is 0 Å². The number of hydrogen-bond acceptors (Lipinski definition) is 6. The Morgan fingerprint density at radius 2 is 1.49 bits per heavy atom. The minimum Gasteiger partial charge on any atom is -0.347 e. The van der Waals surface area contributed by atoms with Gasteiger partial charge in [-0.2, -0.15) is 5.26 Å². The lowest BCUT2D eigenvalue weighted by Crippen LogP contribution is -2.29. The zero-order valence-corrected chi connectivity index (χ0v) is 21.8. The first-order chi connectivity index (χ1) is 19.2. The molecule has 0 fully saturated rings. The molecule has 6 rings (SSSR count). The van der Waals surface area contributed by atoms with Crippen molar-refractivity contribution in [3.05, 3.63) is 141 Å². The molecule has 0 aliphatic rings. The second kappa shape index (κ2) is 10.7. The van der Waals surface area contributed by atoms with Crippen LogP contribution < -0.4 is 10.5 Å². The van der Waals surface area contributed by atoms with Crippen molar-refractivity contribution in [1.29, 1.82) is 5.26 Å². The Morgan fingerprint density at radius 1 is 0.846 bits per heavy atom. The Bertz CT molecular complexity index is 1830. The molecule has 0 atom stereocenters. The summed E-state index contributed by atoms with van der Waals surface area (Å²) in [4.78, 5) is 25.7. The van der Waals surface area contributed by atoms with Crippen molar-refractivity contribution in [1.82, 2.24) is 14.4 Å². The van der Waals surface area contributed by atoms with Crippen LogP contribution in [0.25, 0.3) is 27.5 Å². The molecule has 0 aliphatic carbocycles. The van der Waals surface area contributed by atoms with Crippen LogP contribution in [0.3, 0.4) is 0 Å². The first-order valence-corrected chi connectivity index (χ1v) is 13.3. The van der Waals surface area contributed by atoms with E-state index in [0.29, 0.717) is 40.7 Å². The summed E-state index contributed by atoms with van der Waals surface area (Å²) >= 11 is 1.43. The van der Waals surface area contributed by atoms with Crippen molar-refractivity contribution in [3.8, 4) is 6.07 Å². The molecule has 188 valence electrons. The quantitative estimate of drug-likeness (QED) is 0.220. The normalized spacial score (nSPS) is 11.5. The Kier molecular flexibility index (Phi) is 6.69. The van der Waals surface area contributed by atoms with E-state index in [1.54, 1.807) is 18.3 Å². The van der Waals surface area contributed by atoms with Crippen molar-refractivity contribution >= 4 is 44.7 Å². The highest BCUT2D eigenvalue weighted by atomic mass is 32.1. The molecule has 0 N–H and O–H groups in total. The standard InChI is InChI=1S/C32H23N5OS/c33-20-25(31-34-27-15-7-8-16-28(27)39-31)19-26-30(35-29-17-9-10-18-37(29)32(26)38)36(21-23-11-3-1-4-12-23)22-24-13-5-2-6-14-24/h1-19H,21-22H2. The Morgan fingerprint density at radius 3 is 2.15 bits per heavy atom. The molecule has 7 heteroatoms. The van der Waals surface area contributed by atoms with Crippen LogP contribution in [0.4, 0.5) is 5.82 Å². The predicted octanol–water partition coefficient (Wildman–Crippen LogP) is 6.58. The highest BCUT2D eigenvalue weighted by Crippen LogP contribution is 2.30. The van der Waals surface area contributed by atoms with Crippen LogP contribution in [0, 0.1) is 11.3 Å². The lowest BCUT2D eigenvalue weighted by Gasteiger charge is -2.26. The second-order valence-corrected chi connectivity index (χ2v) is 10.1. The van der Waals surface area contributed by atoms with Crippen molar-refractivity contribution in [3.63, 3.8) is 0 Å². The molecule has 0 unspecified atom stereocenters. The first-order valence-electron chi connectivity index (χ1n) is 12.5. The molecule has 3 aromatic heterocycles. The van der Waals surface area contributed by atoms with Gasteiger partial charge in [-0.15, -0.1) is 11.3 Å². The maximum atomic E-state index is 13.9. The number of nitrogens with zero attached hydrogens (tertiary/aromatic N) is 5. The lowest BCUT2D eigenvalue weighted by atomic mass is 10.1. The van der Waals surface area contributed by atoms with Gasteiger partial charge in [-0.1, -0.05) is 78.9 Å². The molecule has 0 bridgehead atoms. The van der Waals surface area contributed by atoms with E-state index in [1.807, 2.05) is 72.8 Å². The first kappa shape index (κ1) is 24.3. The number of allylic oxidation sites excluding steroid dienone is 1. The molecule has 0 aliphatic heterocycles. The van der Waals surface area contributed by atoms with Gasteiger partial charge in [-0.3, -0.25) is 9.20 Å². The predicted molar refractivity (Wildman–Crippen MR) is 157 cm³/mol. The minimum atomic E-state index is -0.240. The summed E-state index contributed by atoms with van der Waals surface area (Å²) in [5.41, 5.74) is 3.97. The SMILES string of the molecule is N#CC(=Cc1c(N(Cc2ccccc2)Cc2ccccc2)nc2ccccn2c1=O)c1nc2ccccc2s1. The van der Waals surface area contributed by atoms with Crippen LogP contribution in [0.15, 0.2) is 114 Å². The third kappa shape index (κ3) is 5.06. The van der Waals surface area contributed by atoms with Crippen molar-refractivity contribution in [2.45, 2.75) is 13.1 Å². The van der Waals surface area contributed by atoms with E-state index in [1.165, 1.54) is 15.7 Å². The van der Waals surface area contributed by atoms with Gasteiger partial charge in [0.2, 0.25) is 0 Å². The van der Waals surface area contributed by atoms with Gasteiger partial charge in [-0.05, 0) is 41.5 Å². The summed E-state index contributed by atoms with van der Waals surface area (Å²) in [5.74, 6) is 0.521. The number of rotatable bonds is 7. The maximum Gasteiger partial charge on any atom is 0.267 e. The van der Waals surface area contributed by atoms with Gasteiger partial charge in [0.25, 0.3) is 5.56 Å². The van der Waals surface area contributed by atoms with E-state index in [4.69, 9.17) is 4.98 Å². The molecule has 39 heavy (non-hydrogen) atoms. The molecular formula is C32H23N5OS. The molecule has 0 saturated carbocycles. The summed E-state index contributed by atoms with van der Waals surface area (Å²) in [6, 6.07) is 35.7. The monoisotopic (exact) mass is 525 g/mol. The Balaban J connectivity index is 1.56. The third-order valence-corrected chi connectivity index (χ3v) is 7.48. The number of aromatic nitrogens is 3. The fraction of sp³-hybridized carbons (Fsp3) is 0.0625. The van der Waals surface area contributed by atoms with E-state index < -0.39 is 0 Å². The van der Waals surface area contributed by atoms with Crippen LogP contribution in [-0.4, -0.2) is 14.4 Å². The van der Waals surface area contributed by atoms with Crippen LogP contribution in [0.1, 0.15) is 21.7 Å². The van der Waals surface area contributed by atoms with Crippen LogP contribution >= 0.6 is 11.3 Å². The van der Waals surface area contributed by atoms with Gasteiger partial charge in [0.1, 0.15) is 22.5 Å². The molecule has 6 nitrogen and oxygen atoms in total. The van der Waals surface area contributed by atoms with Gasteiger partial charge < -0.3 is 4.90 Å². The second-order valence-electron chi connectivity index (χ2n) is 9.07. The van der Waals surface area contributed by atoms with Crippen LogP contribution in [0.5, 0.6) is 0 Å². The molecule has 0 saturated heterocycles. The number of para-hydroxylation sites is 1. The number of anilines is 1. The number of pyridine rings is 1. The number of hydrogen-bond donors (Lipinski definition) is 0. The van der Waals surface area contributed by atoms with Gasteiger partial charge in [0.15, 0.2) is 0 Å². The Hall–Kier alpha value is -5.06. The topological polar surface area (TPSA) is 74.3 Å². The molecule has 3 aromatic carbocycles. The van der Waals surface area contributed by atoms with Gasteiger partial charge in [-0.25, -0.2) is 9.97 Å². The highest BCUT2D eigenvalue weighted by Gasteiger charge is 2.20. The van der Waals surface area contributed by atoms with E-state index in [2.05, 4.69) is 40.2 Å². The zero-order valence-electron chi connectivity index (χ0n) is 20.9. The molecule has 6 aromatic rings. The summed E-state index contributed by atoms with van der Waals surface area (Å²) in [6.07, 6.45) is 3.35. The number of thiazole rings is 1. The number of benzene rings is 3. The fourth-order valence-corrected chi connectivity index (χ4v) is 5.48. The van der Waals surface area contributed by atoms with E-state index >= 15 is 0 Å². The molecule has 0 amide bonds. The van der Waals surface area contributed by atoms with Crippen molar-refractivity contribution in [2.75, 3.05) is 4.90 Å². The average Bonchev–Trinajstić information content (AvgIpc) is 3.42. The molecular weight excluding hydrogens is 502 g/mol. The van der Waals surface area contributed by atoms with Gasteiger partial charge in [0.05, 0.1) is 21.4 Å². The van der Waals surface area contributed by atoms with E-state index in [9.17, 15) is 10.1 Å². The fourth-order valence-electron chi connectivity index (χ4n) is 4.55. The maximum absolute atomic E-state index is 13.9. The minimum absolute atomic E-state index is 0.240. The number of nitriles is 1. The van der Waals surface area contributed by atoms with Crippen molar-refractivity contribution < 1.29 is 0 Å². The number of fused-ring (bicyclic) bond motifs is 2. The zero-order chi connectivity index (χ0) is 26.6.